The molecule has 6 heteroatoms. The number of pyridine rings is 1. The van der Waals surface area contributed by atoms with Crippen LogP contribution in [-0.2, 0) is 0 Å². The number of hydrogen-bond donors (Lipinski definition) is 2. The smallest absolute Gasteiger partial charge is 0.211 e. The molecule has 0 radical (unpaired) electrons. The topological polar surface area (TPSA) is 103 Å². The third-order valence-electron chi connectivity index (χ3n) is 3.85. The molecule has 0 amide bonds. The first-order chi connectivity index (χ1) is 13.1. The van der Waals surface area contributed by atoms with Gasteiger partial charge in [-0.2, -0.15) is 5.26 Å². The van der Waals surface area contributed by atoms with Crippen molar-refractivity contribution in [2.24, 2.45) is 0 Å². The maximum Gasteiger partial charge on any atom is 0.211 e. The molecule has 0 saturated carbocycles. The fraction of sp³-hybridized carbons (Fsp3) is 0.0952. The Balaban J connectivity index is 1.77. The van der Waals surface area contributed by atoms with Crippen LogP contribution in [0.15, 0.2) is 66.7 Å². The molecule has 0 saturated heterocycles. The largest absolute Gasteiger partial charge is 0.457 e. The van der Waals surface area contributed by atoms with Gasteiger partial charge in [-0.1, -0.05) is 6.07 Å². The molecular weight excluding hydrogens is 344 g/mol. The van der Waals surface area contributed by atoms with E-state index in [9.17, 15) is 9.90 Å². The predicted molar refractivity (Wildman–Crippen MR) is 98.3 cm³/mol. The summed E-state index contributed by atoms with van der Waals surface area (Å²) in [6.07, 6.45) is -1.48. The van der Waals surface area contributed by atoms with Gasteiger partial charge in [-0.15, -0.1) is 0 Å². The van der Waals surface area contributed by atoms with Crippen LogP contribution in [0, 0.1) is 11.3 Å². The Kier molecular flexibility index (Phi) is 5.57. The van der Waals surface area contributed by atoms with Crippen molar-refractivity contribution >= 4 is 5.78 Å². The second kappa shape index (κ2) is 8.23. The number of carbonyl (C=O) groups excluding carboxylic acids is 1. The van der Waals surface area contributed by atoms with Crippen LogP contribution in [0.3, 0.4) is 0 Å². The van der Waals surface area contributed by atoms with Gasteiger partial charge in [-0.3, -0.25) is 4.79 Å². The second-order valence-corrected chi connectivity index (χ2v) is 5.73. The zero-order chi connectivity index (χ0) is 19.2. The van der Waals surface area contributed by atoms with Crippen molar-refractivity contribution in [3.8, 4) is 28.8 Å². The monoisotopic (exact) mass is 360 g/mol. The number of carbonyl (C=O) groups is 1. The number of nitriles is 1. The lowest BCUT2D eigenvalue weighted by Crippen LogP contribution is -2.25. The van der Waals surface area contributed by atoms with Crippen molar-refractivity contribution < 1.29 is 19.7 Å². The number of ether oxygens (including phenoxy) is 1. The highest BCUT2D eigenvalue weighted by Crippen LogP contribution is 2.25. The van der Waals surface area contributed by atoms with Crippen LogP contribution in [0.4, 0.5) is 0 Å². The summed E-state index contributed by atoms with van der Waals surface area (Å²) in [5.74, 6) is 0.608. The van der Waals surface area contributed by atoms with Crippen LogP contribution in [0.5, 0.6) is 11.5 Å². The summed E-state index contributed by atoms with van der Waals surface area (Å²) in [4.78, 5) is 16.2. The Labute approximate surface area is 155 Å². The van der Waals surface area contributed by atoms with Crippen LogP contribution < -0.4 is 4.74 Å². The highest BCUT2D eigenvalue weighted by Gasteiger charge is 2.17. The lowest BCUT2D eigenvalue weighted by Gasteiger charge is -2.09. The highest BCUT2D eigenvalue weighted by atomic mass is 16.5. The van der Waals surface area contributed by atoms with Crippen molar-refractivity contribution in [2.75, 3.05) is 6.61 Å². The third-order valence-corrected chi connectivity index (χ3v) is 3.85. The molecule has 2 N–H and O–H groups in total. The van der Waals surface area contributed by atoms with E-state index in [4.69, 9.17) is 15.1 Å². The molecule has 0 aliphatic heterocycles. The van der Waals surface area contributed by atoms with E-state index in [2.05, 4.69) is 11.1 Å². The van der Waals surface area contributed by atoms with Crippen LogP contribution in [-0.4, -0.2) is 33.7 Å². The van der Waals surface area contributed by atoms with Crippen molar-refractivity contribution in [1.29, 1.82) is 5.26 Å². The molecule has 134 valence electrons. The van der Waals surface area contributed by atoms with Crippen molar-refractivity contribution in [3.05, 3.63) is 78.0 Å². The van der Waals surface area contributed by atoms with Gasteiger partial charge < -0.3 is 14.9 Å². The van der Waals surface area contributed by atoms with E-state index in [-0.39, 0.29) is 5.69 Å². The van der Waals surface area contributed by atoms with E-state index < -0.39 is 18.5 Å². The Morgan fingerprint density at radius 1 is 1.04 bits per heavy atom. The molecule has 1 heterocycles. The molecule has 0 bridgehead atoms. The molecule has 0 aliphatic rings. The molecule has 6 nitrogen and oxygen atoms in total. The van der Waals surface area contributed by atoms with Gasteiger partial charge in [-0.05, 0) is 60.7 Å². The van der Waals surface area contributed by atoms with E-state index in [0.29, 0.717) is 22.8 Å². The lowest BCUT2D eigenvalue weighted by molar-refractivity contribution is 0.0582. The lowest BCUT2D eigenvalue weighted by atomic mass is 10.1. The Bertz CT molecular complexity index is 976. The maximum absolute atomic E-state index is 11.9. The van der Waals surface area contributed by atoms with Crippen LogP contribution >= 0.6 is 0 Å². The zero-order valence-electron chi connectivity index (χ0n) is 14.2. The summed E-state index contributed by atoms with van der Waals surface area (Å²) < 4.78 is 5.73. The fourth-order valence-electron chi connectivity index (χ4n) is 2.41. The summed E-state index contributed by atoms with van der Waals surface area (Å²) in [5.41, 5.74) is 1.99. The average Bonchev–Trinajstić information content (AvgIpc) is 2.74. The van der Waals surface area contributed by atoms with Gasteiger partial charge in [-0.25, -0.2) is 4.98 Å². The molecule has 3 aromatic rings. The van der Waals surface area contributed by atoms with E-state index in [1.54, 1.807) is 60.7 Å². The first-order valence-corrected chi connectivity index (χ1v) is 8.19. The van der Waals surface area contributed by atoms with Gasteiger partial charge in [0, 0.05) is 5.56 Å². The van der Waals surface area contributed by atoms with Gasteiger partial charge in [0.15, 0.2) is 0 Å². The molecule has 0 spiro atoms. The van der Waals surface area contributed by atoms with Gasteiger partial charge in [0.25, 0.3) is 0 Å². The van der Waals surface area contributed by atoms with Gasteiger partial charge in [0.2, 0.25) is 5.78 Å². The van der Waals surface area contributed by atoms with Crippen molar-refractivity contribution in [2.45, 2.75) is 6.10 Å². The van der Waals surface area contributed by atoms with E-state index >= 15 is 0 Å². The second-order valence-electron chi connectivity index (χ2n) is 5.73. The molecule has 0 fully saturated rings. The van der Waals surface area contributed by atoms with E-state index in [0.717, 1.165) is 5.56 Å². The summed E-state index contributed by atoms with van der Waals surface area (Å²) >= 11 is 0. The number of aliphatic hydroxyl groups excluding tert-OH is 2. The minimum Gasteiger partial charge on any atom is -0.457 e. The van der Waals surface area contributed by atoms with Crippen LogP contribution in [0.25, 0.3) is 11.3 Å². The number of Topliss-reactive ketones (excluding diaryl/α,β-unsaturated/α-hetero) is 1. The van der Waals surface area contributed by atoms with Crippen LogP contribution in [0.1, 0.15) is 16.1 Å². The number of nitrogens with zero attached hydrogens (tertiary/aromatic N) is 2. The number of rotatable bonds is 6. The molecule has 1 unspecified atom stereocenters. The number of benzene rings is 2. The molecule has 0 aliphatic carbocycles. The first-order valence-electron chi connectivity index (χ1n) is 8.19. The number of aliphatic hydroxyl groups is 2. The molecular formula is C21H16N2O4. The third kappa shape index (κ3) is 4.36. The maximum atomic E-state index is 11.9. The Morgan fingerprint density at radius 2 is 1.67 bits per heavy atom. The molecule has 1 aromatic heterocycles. The quantitative estimate of drug-likeness (QED) is 0.655. The summed E-state index contributed by atoms with van der Waals surface area (Å²) in [6, 6.07) is 20.9. The highest BCUT2D eigenvalue weighted by molar-refractivity contribution is 5.98. The summed E-state index contributed by atoms with van der Waals surface area (Å²) in [6.45, 7) is -0.647. The summed E-state index contributed by atoms with van der Waals surface area (Å²) in [7, 11) is 0. The Morgan fingerprint density at radius 3 is 2.26 bits per heavy atom. The SMILES string of the molecule is N#Cc1ccc(Oc2ccc(-c3cccc(C(=O)C(O)CO)n3)cc2)cc1. The first kappa shape index (κ1) is 18.3. The van der Waals surface area contributed by atoms with Gasteiger partial charge >= 0.3 is 0 Å². The zero-order valence-corrected chi connectivity index (χ0v) is 14.2. The van der Waals surface area contributed by atoms with E-state index in [1.165, 1.54) is 6.07 Å². The van der Waals surface area contributed by atoms with Crippen molar-refractivity contribution in [3.63, 3.8) is 0 Å². The van der Waals surface area contributed by atoms with E-state index in [1.807, 2.05) is 0 Å². The molecule has 2 aromatic carbocycles. The Hall–Kier alpha value is -3.53. The molecule has 3 rings (SSSR count). The minimum atomic E-state index is -1.48. The summed E-state index contributed by atoms with van der Waals surface area (Å²) in [5, 5.41) is 27.2. The minimum absolute atomic E-state index is 0.0898. The standard InChI is InChI=1S/C21H16N2O4/c22-12-14-4-8-16(9-5-14)27-17-10-6-15(7-11-17)18-2-1-3-19(23-18)21(26)20(25)13-24/h1-11,20,24-25H,13H2. The normalized spacial score (nSPS) is 11.4. The number of hydrogen-bond acceptors (Lipinski definition) is 6. The van der Waals surface area contributed by atoms with Gasteiger partial charge in [0.1, 0.15) is 23.3 Å². The average molecular weight is 360 g/mol. The molecule has 27 heavy (non-hydrogen) atoms. The van der Waals surface area contributed by atoms with Crippen molar-refractivity contribution in [1.82, 2.24) is 4.98 Å². The number of ketones is 1. The number of aromatic nitrogens is 1. The fourth-order valence-corrected chi connectivity index (χ4v) is 2.41. The van der Waals surface area contributed by atoms with Crippen LogP contribution in [0.2, 0.25) is 0 Å². The predicted octanol–water partition coefficient (Wildman–Crippen LogP) is 2.95. The van der Waals surface area contributed by atoms with Gasteiger partial charge in [0.05, 0.1) is 23.9 Å². The molecule has 1 atom stereocenters.